The molecule has 0 unspecified atom stereocenters. The average Bonchev–Trinajstić information content (AvgIpc) is 2.80. The molecule has 4 nitrogen and oxygen atoms in total. The number of rotatable bonds is 2. The van der Waals surface area contributed by atoms with Gasteiger partial charge < -0.3 is 14.8 Å². The van der Waals surface area contributed by atoms with Gasteiger partial charge in [0.1, 0.15) is 11.3 Å². The predicted molar refractivity (Wildman–Crippen MR) is 89.7 cm³/mol. The molecule has 1 heterocycles. The van der Waals surface area contributed by atoms with Crippen molar-refractivity contribution in [2.75, 3.05) is 5.32 Å². The molecule has 1 aromatic heterocycles. The zero-order chi connectivity index (χ0) is 15.9. The molecule has 2 aromatic carbocycles. The third-order valence-electron chi connectivity index (χ3n) is 3.31. The molecule has 0 radical (unpaired) electrons. The molecule has 6 heteroatoms. The number of halogens is 2. The van der Waals surface area contributed by atoms with Gasteiger partial charge in [0.25, 0.3) is 5.91 Å². The molecule has 2 N–H and O–H groups in total. The molecule has 3 aromatic rings. The Bertz CT molecular complexity index is 888. The Morgan fingerprint density at radius 1 is 1.27 bits per heavy atom. The lowest BCUT2D eigenvalue weighted by atomic mass is 10.1. The molecule has 0 aliphatic carbocycles. The quantitative estimate of drug-likeness (QED) is 0.607. The van der Waals surface area contributed by atoms with Crippen LogP contribution in [0.3, 0.4) is 0 Å². The minimum Gasteiger partial charge on any atom is -0.506 e. The summed E-state index contributed by atoms with van der Waals surface area (Å²) in [6, 6.07) is 9.96. The van der Waals surface area contributed by atoms with Gasteiger partial charge >= 0.3 is 0 Å². The van der Waals surface area contributed by atoms with Crippen molar-refractivity contribution in [1.29, 1.82) is 0 Å². The lowest BCUT2D eigenvalue weighted by molar-refractivity contribution is 0.0997. The number of furan rings is 1. The van der Waals surface area contributed by atoms with Crippen molar-refractivity contribution in [3.8, 4) is 5.75 Å². The Morgan fingerprint density at radius 3 is 2.82 bits per heavy atom. The Balaban J connectivity index is 1.99. The second kappa shape index (κ2) is 5.66. The van der Waals surface area contributed by atoms with Gasteiger partial charge in [-0.1, -0.05) is 27.5 Å². The van der Waals surface area contributed by atoms with E-state index in [-0.39, 0.29) is 17.2 Å². The topological polar surface area (TPSA) is 62.5 Å². The van der Waals surface area contributed by atoms with Crippen LogP contribution in [0.5, 0.6) is 5.75 Å². The van der Waals surface area contributed by atoms with Crippen LogP contribution in [0.4, 0.5) is 5.69 Å². The maximum Gasteiger partial charge on any atom is 0.291 e. The molecule has 0 saturated carbocycles. The number of phenolic OH excluding ortho intramolecular Hbond substituents is 1. The Morgan fingerprint density at radius 2 is 2.05 bits per heavy atom. The van der Waals surface area contributed by atoms with Gasteiger partial charge in [0, 0.05) is 20.4 Å². The second-order valence-corrected chi connectivity index (χ2v) is 6.16. The van der Waals surface area contributed by atoms with E-state index >= 15 is 0 Å². The van der Waals surface area contributed by atoms with Gasteiger partial charge in [0.2, 0.25) is 0 Å². The van der Waals surface area contributed by atoms with Gasteiger partial charge in [-0.2, -0.15) is 0 Å². The zero-order valence-electron chi connectivity index (χ0n) is 11.5. The van der Waals surface area contributed by atoms with E-state index < -0.39 is 5.91 Å². The number of amides is 1. The summed E-state index contributed by atoms with van der Waals surface area (Å²) in [5, 5.41) is 13.6. The number of carbonyl (C=O) groups excluding carboxylic acids is 1. The van der Waals surface area contributed by atoms with Crippen molar-refractivity contribution in [2.24, 2.45) is 0 Å². The molecule has 0 bridgehead atoms. The average molecular weight is 381 g/mol. The molecule has 0 fully saturated rings. The van der Waals surface area contributed by atoms with E-state index in [1.807, 2.05) is 19.1 Å². The van der Waals surface area contributed by atoms with Crippen LogP contribution in [0.1, 0.15) is 16.1 Å². The molecule has 0 aliphatic heterocycles. The first kappa shape index (κ1) is 14.9. The fourth-order valence-electron chi connectivity index (χ4n) is 2.20. The van der Waals surface area contributed by atoms with Crippen molar-refractivity contribution in [3.63, 3.8) is 0 Å². The van der Waals surface area contributed by atoms with Crippen LogP contribution in [-0.4, -0.2) is 11.0 Å². The zero-order valence-corrected chi connectivity index (χ0v) is 13.8. The van der Waals surface area contributed by atoms with Crippen molar-refractivity contribution < 1.29 is 14.3 Å². The number of fused-ring (bicyclic) bond motifs is 1. The number of carbonyl (C=O) groups is 1. The smallest absolute Gasteiger partial charge is 0.291 e. The van der Waals surface area contributed by atoms with Crippen LogP contribution in [0.25, 0.3) is 11.0 Å². The molecule has 0 saturated heterocycles. The number of anilines is 1. The number of nitrogens with one attached hydrogen (secondary N) is 1. The first-order valence-electron chi connectivity index (χ1n) is 6.44. The molecule has 3 rings (SSSR count). The summed E-state index contributed by atoms with van der Waals surface area (Å²) in [7, 11) is 0. The fourth-order valence-corrected chi connectivity index (χ4v) is 2.73. The highest BCUT2D eigenvalue weighted by atomic mass is 79.9. The monoisotopic (exact) mass is 379 g/mol. The van der Waals surface area contributed by atoms with Crippen LogP contribution in [0, 0.1) is 6.92 Å². The molecule has 22 heavy (non-hydrogen) atoms. The summed E-state index contributed by atoms with van der Waals surface area (Å²) >= 11 is 9.26. The number of benzene rings is 2. The highest BCUT2D eigenvalue weighted by Crippen LogP contribution is 2.30. The molecule has 0 atom stereocenters. The number of aromatic hydroxyl groups is 1. The minimum atomic E-state index is -0.442. The minimum absolute atomic E-state index is 0.0609. The molecular weight excluding hydrogens is 370 g/mol. The molecule has 0 aliphatic rings. The van der Waals surface area contributed by atoms with Gasteiger partial charge in [-0.15, -0.1) is 0 Å². The van der Waals surface area contributed by atoms with E-state index in [0.717, 1.165) is 15.4 Å². The van der Waals surface area contributed by atoms with E-state index in [1.165, 1.54) is 18.2 Å². The number of aryl methyl sites for hydroxylation is 1. The van der Waals surface area contributed by atoms with E-state index in [9.17, 15) is 9.90 Å². The maximum atomic E-state index is 12.4. The summed E-state index contributed by atoms with van der Waals surface area (Å²) in [6.45, 7) is 1.81. The fraction of sp³-hybridized carbons (Fsp3) is 0.0625. The molecular formula is C16H11BrClNO3. The summed E-state index contributed by atoms with van der Waals surface area (Å²) < 4.78 is 6.52. The van der Waals surface area contributed by atoms with Crippen molar-refractivity contribution >= 4 is 50.1 Å². The molecule has 112 valence electrons. The van der Waals surface area contributed by atoms with Crippen LogP contribution < -0.4 is 5.32 Å². The normalized spacial score (nSPS) is 10.9. The standard InChI is InChI=1S/C16H11BrClNO3/c1-8-11-6-9(17)2-5-14(11)22-15(8)16(21)19-12-7-10(18)3-4-13(12)20/h2-7,20H,1H3,(H,19,21). The summed E-state index contributed by atoms with van der Waals surface area (Å²) in [6.07, 6.45) is 0. The Labute approximate surface area is 139 Å². The second-order valence-electron chi connectivity index (χ2n) is 4.81. The largest absolute Gasteiger partial charge is 0.506 e. The highest BCUT2D eigenvalue weighted by molar-refractivity contribution is 9.10. The van der Waals surface area contributed by atoms with Gasteiger partial charge in [0.15, 0.2) is 5.76 Å². The van der Waals surface area contributed by atoms with Crippen LogP contribution >= 0.6 is 27.5 Å². The van der Waals surface area contributed by atoms with Gasteiger partial charge in [-0.05, 0) is 43.3 Å². The predicted octanol–water partition coefficient (Wildman–Crippen LogP) is 5.12. The third kappa shape index (κ3) is 2.69. The maximum absolute atomic E-state index is 12.4. The first-order chi connectivity index (χ1) is 10.5. The summed E-state index contributed by atoms with van der Waals surface area (Å²) in [4.78, 5) is 12.4. The lowest BCUT2D eigenvalue weighted by Crippen LogP contribution is -2.12. The number of hydrogen-bond donors (Lipinski definition) is 2. The van der Waals surface area contributed by atoms with Crippen LogP contribution in [-0.2, 0) is 0 Å². The molecule has 1 amide bonds. The van der Waals surface area contributed by atoms with Gasteiger partial charge in [0.05, 0.1) is 5.69 Å². The third-order valence-corrected chi connectivity index (χ3v) is 4.04. The van der Waals surface area contributed by atoms with Gasteiger partial charge in [-0.25, -0.2) is 0 Å². The summed E-state index contributed by atoms with van der Waals surface area (Å²) in [5.41, 5.74) is 1.59. The van der Waals surface area contributed by atoms with Crippen LogP contribution in [0.15, 0.2) is 45.3 Å². The van der Waals surface area contributed by atoms with Gasteiger partial charge in [-0.3, -0.25) is 4.79 Å². The lowest BCUT2D eigenvalue weighted by Gasteiger charge is -2.06. The van der Waals surface area contributed by atoms with E-state index in [0.29, 0.717) is 10.6 Å². The first-order valence-corrected chi connectivity index (χ1v) is 7.61. The van der Waals surface area contributed by atoms with Crippen molar-refractivity contribution in [2.45, 2.75) is 6.92 Å². The van der Waals surface area contributed by atoms with Crippen molar-refractivity contribution in [1.82, 2.24) is 0 Å². The van der Waals surface area contributed by atoms with Crippen LogP contribution in [0.2, 0.25) is 5.02 Å². The highest BCUT2D eigenvalue weighted by Gasteiger charge is 2.19. The molecule has 0 spiro atoms. The number of hydrogen-bond acceptors (Lipinski definition) is 3. The van der Waals surface area contributed by atoms with E-state index in [2.05, 4.69) is 21.2 Å². The Kier molecular flexibility index (Phi) is 3.85. The van der Waals surface area contributed by atoms with Crippen molar-refractivity contribution in [3.05, 3.63) is 57.2 Å². The Hall–Kier alpha value is -1.98. The van der Waals surface area contributed by atoms with E-state index in [1.54, 1.807) is 6.07 Å². The van der Waals surface area contributed by atoms with E-state index in [4.69, 9.17) is 16.0 Å². The summed E-state index contributed by atoms with van der Waals surface area (Å²) in [5.74, 6) is -0.302. The number of phenols is 1. The SMILES string of the molecule is Cc1c(C(=O)Nc2cc(Cl)ccc2O)oc2ccc(Br)cc12.